The minimum absolute atomic E-state index is 0.0853. The van der Waals surface area contributed by atoms with Crippen LogP contribution in [0.3, 0.4) is 0 Å². The summed E-state index contributed by atoms with van der Waals surface area (Å²) >= 11 is 3.44. The van der Waals surface area contributed by atoms with Crippen molar-refractivity contribution < 1.29 is 17.5 Å². The van der Waals surface area contributed by atoms with Gasteiger partial charge in [0.25, 0.3) is 10.2 Å². The first-order valence-electron chi connectivity index (χ1n) is 7.68. The molecule has 2 fully saturated rings. The molecule has 2 saturated heterocycles. The third kappa shape index (κ3) is 3.61. The summed E-state index contributed by atoms with van der Waals surface area (Å²) in [5.74, 6) is -0.185. The SMILES string of the molecule is O=S(=O)(N1CCOCC1)N1CC(c2ccc(F)cc2)CC1CBr. The van der Waals surface area contributed by atoms with Crippen LogP contribution in [0.2, 0.25) is 0 Å². The summed E-state index contributed by atoms with van der Waals surface area (Å²) in [6.45, 7) is 2.10. The van der Waals surface area contributed by atoms with Gasteiger partial charge in [-0.25, -0.2) is 4.39 Å². The summed E-state index contributed by atoms with van der Waals surface area (Å²) in [6.07, 6.45) is 0.737. The van der Waals surface area contributed by atoms with Crippen LogP contribution in [-0.4, -0.2) is 61.2 Å². The van der Waals surface area contributed by atoms with E-state index in [1.165, 1.54) is 16.4 Å². The number of rotatable bonds is 4. The van der Waals surface area contributed by atoms with E-state index in [-0.39, 0.29) is 17.8 Å². The van der Waals surface area contributed by atoms with E-state index in [9.17, 15) is 12.8 Å². The lowest BCUT2D eigenvalue weighted by Gasteiger charge is -2.32. The van der Waals surface area contributed by atoms with E-state index in [0.717, 1.165) is 12.0 Å². The topological polar surface area (TPSA) is 49.9 Å². The van der Waals surface area contributed by atoms with Crippen LogP contribution in [0.25, 0.3) is 0 Å². The minimum atomic E-state index is -3.49. The quantitative estimate of drug-likeness (QED) is 0.718. The lowest BCUT2D eigenvalue weighted by atomic mass is 9.97. The lowest BCUT2D eigenvalue weighted by Crippen LogP contribution is -2.50. The van der Waals surface area contributed by atoms with Crippen LogP contribution >= 0.6 is 15.9 Å². The molecule has 0 aromatic heterocycles. The molecule has 0 bridgehead atoms. The van der Waals surface area contributed by atoms with Crippen molar-refractivity contribution in [2.24, 2.45) is 0 Å². The molecule has 2 heterocycles. The van der Waals surface area contributed by atoms with Gasteiger partial charge in [-0.05, 0) is 30.0 Å². The summed E-state index contributed by atoms with van der Waals surface area (Å²) in [7, 11) is -3.49. The van der Waals surface area contributed by atoms with Gasteiger partial charge >= 0.3 is 0 Å². The van der Waals surface area contributed by atoms with Crippen LogP contribution in [-0.2, 0) is 14.9 Å². The number of nitrogens with zero attached hydrogens (tertiary/aromatic N) is 2. The van der Waals surface area contributed by atoms with Gasteiger partial charge in [0.2, 0.25) is 0 Å². The van der Waals surface area contributed by atoms with Crippen molar-refractivity contribution in [2.45, 2.75) is 18.4 Å². The summed E-state index contributed by atoms with van der Waals surface area (Å²) in [4.78, 5) is 0. The molecule has 2 unspecified atom stereocenters. The van der Waals surface area contributed by atoms with E-state index in [2.05, 4.69) is 15.9 Å². The van der Waals surface area contributed by atoms with Gasteiger partial charge in [0.15, 0.2) is 0 Å². The highest BCUT2D eigenvalue weighted by molar-refractivity contribution is 9.09. The smallest absolute Gasteiger partial charge is 0.282 e. The third-order valence-corrected chi connectivity index (χ3v) is 7.28. The molecule has 0 spiro atoms. The van der Waals surface area contributed by atoms with Crippen LogP contribution in [0.4, 0.5) is 4.39 Å². The maximum absolute atomic E-state index is 13.1. The monoisotopic (exact) mass is 406 g/mol. The number of hydrogen-bond acceptors (Lipinski definition) is 3. The van der Waals surface area contributed by atoms with Gasteiger partial charge in [-0.2, -0.15) is 17.0 Å². The Morgan fingerprint density at radius 2 is 1.87 bits per heavy atom. The molecule has 0 N–H and O–H groups in total. The summed E-state index contributed by atoms with van der Waals surface area (Å²) in [6, 6.07) is 6.26. The molecule has 0 radical (unpaired) electrons. The van der Waals surface area contributed by atoms with Gasteiger partial charge in [-0.15, -0.1) is 0 Å². The van der Waals surface area contributed by atoms with E-state index < -0.39 is 10.2 Å². The maximum atomic E-state index is 13.1. The molecule has 2 aliphatic heterocycles. The predicted molar refractivity (Wildman–Crippen MR) is 89.4 cm³/mol. The average Bonchev–Trinajstić information content (AvgIpc) is 3.01. The minimum Gasteiger partial charge on any atom is -0.379 e. The number of halogens is 2. The van der Waals surface area contributed by atoms with Gasteiger partial charge in [0, 0.05) is 31.0 Å². The first-order valence-corrected chi connectivity index (χ1v) is 10.2. The van der Waals surface area contributed by atoms with E-state index in [1.54, 1.807) is 16.4 Å². The Balaban J connectivity index is 1.80. The summed E-state index contributed by atoms with van der Waals surface area (Å²) < 4.78 is 47.2. The van der Waals surface area contributed by atoms with Crippen LogP contribution in [0.15, 0.2) is 24.3 Å². The Morgan fingerprint density at radius 1 is 1.22 bits per heavy atom. The fraction of sp³-hybridized carbons (Fsp3) is 0.600. The highest BCUT2D eigenvalue weighted by atomic mass is 79.9. The summed E-state index contributed by atoms with van der Waals surface area (Å²) in [5.41, 5.74) is 0.983. The molecular formula is C15H20BrFN2O3S. The van der Waals surface area contributed by atoms with Crippen molar-refractivity contribution in [3.05, 3.63) is 35.6 Å². The second-order valence-corrected chi connectivity index (χ2v) is 8.41. The molecule has 0 aliphatic carbocycles. The molecule has 0 saturated carbocycles. The Morgan fingerprint density at radius 3 is 2.48 bits per heavy atom. The Bertz CT molecular complexity index is 635. The fourth-order valence-corrected chi connectivity index (χ4v) is 5.83. The lowest BCUT2D eigenvalue weighted by molar-refractivity contribution is 0.0700. The van der Waals surface area contributed by atoms with Gasteiger partial charge in [0.05, 0.1) is 13.2 Å². The van der Waals surface area contributed by atoms with E-state index >= 15 is 0 Å². The highest BCUT2D eigenvalue weighted by Gasteiger charge is 2.42. The zero-order valence-electron chi connectivity index (χ0n) is 12.7. The third-order valence-electron chi connectivity index (χ3n) is 4.48. The number of alkyl halides is 1. The van der Waals surface area contributed by atoms with Gasteiger partial charge in [0.1, 0.15) is 5.82 Å². The number of benzene rings is 1. The van der Waals surface area contributed by atoms with Crippen LogP contribution in [0, 0.1) is 5.82 Å². The molecule has 5 nitrogen and oxygen atoms in total. The first-order chi connectivity index (χ1) is 11.0. The van der Waals surface area contributed by atoms with Crippen molar-refractivity contribution in [3.63, 3.8) is 0 Å². The van der Waals surface area contributed by atoms with Gasteiger partial charge < -0.3 is 4.74 Å². The van der Waals surface area contributed by atoms with Gasteiger partial charge in [-0.3, -0.25) is 0 Å². The van der Waals surface area contributed by atoms with Crippen molar-refractivity contribution >= 4 is 26.1 Å². The molecule has 128 valence electrons. The second-order valence-electron chi connectivity index (χ2n) is 5.88. The molecule has 0 amide bonds. The second kappa shape index (κ2) is 7.14. The molecule has 3 rings (SSSR count). The molecule has 23 heavy (non-hydrogen) atoms. The van der Waals surface area contributed by atoms with Gasteiger partial charge in [-0.1, -0.05) is 28.1 Å². The largest absolute Gasteiger partial charge is 0.379 e. The van der Waals surface area contributed by atoms with Crippen molar-refractivity contribution in [2.75, 3.05) is 38.2 Å². The zero-order chi connectivity index (χ0) is 16.4. The molecule has 1 aromatic carbocycles. The fourth-order valence-electron chi connectivity index (χ4n) is 3.21. The zero-order valence-corrected chi connectivity index (χ0v) is 15.1. The summed E-state index contributed by atoms with van der Waals surface area (Å²) in [5, 5.41) is 0.592. The Labute approximate surface area is 144 Å². The number of morpholine rings is 1. The molecule has 1 aromatic rings. The first kappa shape index (κ1) is 17.3. The Hall–Kier alpha value is -0.540. The number of ether oxygens (including phenoxy) is 1. The molecule has 8 heteroatoms. The molecule has 2 aliphatic rings. The van der Waals surface area contributed by atoms with Crippen molar-refractivity contribution in [1.29, 1.82) is 0 Å². The van der Waals surface area contributed by atoms with Crippen LogP contribution < -0.4 is 0 Å². The van der Waals surface area contributed by atoms with E-state index in [0.29, 0.717) is 38.2 Å². The Kier molecular flexibility index (Phi) is 5.37. The molecule has 2 atom stereocenters. The average molecular weight is 407 g/mol. The van der Waals surface area contributed by atoms with Crippen LogP contribution in [0.5, 0.6) is 0 Å². The van der Waals surface area contributed by atoms with E-state index in [1.807, 2.05) is 0 Å². The van der Waals surface area contributed by atoms with Crippen molar-refractivity contribution in [1.82, 2.24) is 8.61 Å². The van der Waals surface area contributed by atoms with Crippen LogP contribution in [0.1, 0.15) is 17.9 Å². The van der Waals surface area contributed by atoms with E-state index in [4.69, 9.17) is 4.74 Å². The number of hydrogen-bond donors (Lipinski definition) is 0. The predicted octanol–water partition coefficient (Wildman–Crippen LogP) is 1.96. The molecular weight excluding hydrogens is 387 g/mol. The highest BCUT2D eigenvalue weighted by Crippen LogP contribution is 2.35. The van der Waals surface area contributed by atoms with Crippen molar-refractivity contribution in [3.8, 4) is 0 Å². The normalized spacial score (nSPS) is 27.4. The maximum Gasteiger partial charge on any atom is 0.282 e. The standard InChI is InChI=1S/C15H20BrFN2O3S/c16-10-15-9-13(12-1-3-14(17)4-2-12)11-19(15)23(20,21)18-5-7-22-8-6-18/h1-4,13,15H,5-11H2.